The van der Waals surface area contributed by atoms with Crippen LogP contribution in [0.2, 0.25) is 5.02 Å². The maximum atomic E-state index is 9.67. The van der Waals surface area contributed by atoms with Gasteiger partial charge in [-0.25, -0.2) is 0 Å². The van der Waals surface area contributed by atoms with E-state index in [1.165, 1.54) is 44.1 Å². The van der Waals surface area contributed by atoms with Gasteiger partial charge in [-0.15, -0.1) is 0 Å². The van der Waals surface area contributed by atoms with E-state index in [1.807, 2.05) is 18.2 Å². The Morgan fingerprint density at radius 2 is 1.89 bits per heavy atom. The highest BCUT2D eigenvalue weighted by molar-refractivity contribution is 6.30. The summed E-state index contributed by atoms with van der Waals surface area (Å²) >= 11 is 6.02. The molecule has 0 amide bonds. The molecule has 100 valence electrons. The topological polar surface area (TPSA) is 20.2 Å². The van der Waals surface area contributed by atoms with E-state index in [2.05, 4.69) is 6.07 Å². The van der Waals surface area contributed by atoms with Crippen LogP contribution in [-0.4, -0.2) is 11.7 Å². The standard InChI is InChI=1S/C16H23ClO/c17-16-9-5-6-13(11-16)10-15(12-18)14-7-3-1-2-4-8-14/h5-6,9,11,14-15,18H,1-4,7-8,10,12H2. The zero-order valence-corrected chi connectivity index (χ0v) is 11.7. The molecule has 2 heteroatoms. The molecule has 1 aromatic carbocycles. The van der Waals surface area contributed by atoms with Crippen LogP contribution in [-0.2, 0) is 6.42 Å². The van der Waals surface area contributed by atoms with Crippen LogP contribution in [0, 0.1) is 11.8 Å². The molecule has 0 saturated heterocycles. The first-order chi connectivity index (χ1) is 8.79. The lowest BCUT2D eigenvalue weighted by molar-refractivity contribution is 0.163. The zero-order chi connectivity index (χ0) is 12.8. The highest BCUT2D eigenvalue weighted by Gasteiger charge is 2.22. The second kappa shape index (κ2) is 7.16. The summed E-state index contributed by atoms with van der Waals surface area (Å²) < 4.78 is 0. The van der Waals surface area contributed by atoms with Crippen LogP contribution in [0.25, 0.3) is 0 Å². The van der Waals surface area contributed by atoms with Gasteiger partial charge in [0, 0.05) is 11.6 Å². The summed E-state index contributed by atoms with van der Waals surface area (Å²) in [6, 6.07) is 8.05. The van der Waals surface area contributed by atoms with Gasteiger partial charge in [-0.1, -0.05) is 62.3 Å². The predicted octanol–water partition coefficient (Wildman–Crippen LogP) is 4.46. The molecule has 18 heavy (non-hydrogen) atoms. The van der Waals surface area contributed by atoms with Crippen LogP contribution in [0.4, 0.5) is 0 Å². The summed E-state index contributed by atoms with van der Waals surface area (Å²) in [5.41, 5.74) is 1.26. The van der Waals surface area contributed by atoms with Crippen LogP contribution in [0.15, 0.2) is 24.3 Å². The highest BCUT2D eigenvalue weighted by atomic mass is 35.5. The molecule has 1 fully saturated rings. The van der Waals surface area contributed by atoms with E-state index in [0.717, 1.165) is 11.4 Å². The molecular weight excluding hydrogens is 244 g/mol. The van der Waals surface area contributed by atoms with Gasteiger partial charge in [0.05, 0.1) is 0 Å². The lowest BCUT2D eigenvalue weighted by Crippen LogP contribution is -2.20. The average Bonchev–Trinajstić information content (AvgIpc) is 2.65. The van der Waals surface area contributed by atoms with Crippen molar-refractivity contribution in [3.63, 3.8) is 0 Å². The molecule has 1 saturated carbocycles. The van der Waals surface area contributed by atoms with E-state index in [9.17, 15) is 5.11 Å². The Hall–Kier alpha value is -0.530. The van der Waals surface area contributed by atoms with Crippen molar-refractivity contribution in [1.29, 1.82) is 0 Å². The van der Waals surface area contributed by atoms with E-state index in [-0.39, 0.29) is 0 Å². The Morgan fingerprint density at radius 1 is 1.17 bits per heavy atom. The third-order valence-electron chi connectivity index (χ3n) is 4.19. The van der Waals surface area contributed by atoms with E-state index < -0.39 is 0 Å². The minimum Gasteiger partial charge on any atom is -0.396 e. The number of halogens is 1. The number of benzene rings is 1. The third-order valence-corrected chi connectivity index (χ3v) is 4.42. The van der Waals surface area contributed by atoms with Crippen molar-refractivity contribution in [2.75, 3.05) is 6.61 Å². The maximum absolute atomic E-state index is 9.67. The molecule has 0 spiro atoms. The molecule has 0 heterocycles. The number of hydrogen-bond acceptors (Lipinski definition) is 1. The van der Waals surface area contributed by atoms with Gasteiger partial charge in [-0.05, 0) is 36.0 Å². The molecule has 0 aliphatic heterocycles. The Bertz CT molecular complexity index is 356. The first kappa shape index (κ1) is 13.9. The second-order valence-corrected chi connectivity index (χ2v) is 5.96. The summed E-state index contributed by atoms with van der Waals surface area (Å²) in [5, 5.41) is 10.5. The highest BCUT2D eigenvalue weighted by Crippen LogP contribution is 2.31. The van der Waals surface area contributed by atoms with E-state index >= 15 is 0 Å². The van der Waals surface area contributed by atoms with Crippen molar-refractivity contribution in [3.05, 3.63) is 34.9 Å². The predicted molar refractivity (Wildman–Crippen MR) is 76.9 cm³/mol. The average molecular weight is 267 g/mol. The second-order valence-electron chi connectivity index (χ2n) is 5.53. The molecule has 0 radical (unpaired) electrons. The Morgan fingerprint density at radius 3 is 2.50 bits per heavy atom. The molecule has 1 unspecified atom stereocenters. The normalized spacial score (nSPS) is 19.4. The van der Waals surface area contributed by atoms with E-state index in [0.29, 0.717) is 18.4 Å². The number of hydrogen-bond donors (Lipinski definition) is 1. The van der Waals surface area contributed by atoms with Gasteiger partial charge in [0.15, 0.2) is 0 Å². The Labute approximate surface area is 115 Å². The summed E-state index contributed by atoms with van der Waals surface area (Å²) in [5.74, 6) is 1.10. The van der Waals surface area contributed by atoms with Crippen molar-refractivity contribution in [2.45, 2.75) is 44.9 Å². The molecule has 1 aliphatic rings. The molecule has 0 aromatic heterocycles. The SMILES string of the molecule is OCC(Cc1cccc(Cl)c1)C1CCCCCC1. The van der Waals surface area contributed by atoms with E-state index in [1.54, 1.807) is 0 Å². The van der Waals surface area contributed by atoms with Gasteiger partial charge >= 0.3 is 0 Å². The third kappa shape index (κ3) is 4.00. The molecule has 1 N–H and O–H groups in total. The minimum absolute atomic E-state index is 0.303. The lowest BCUT2D eigenvalue weighted by Gasteiger charge is -2.24. The van der Waals surface area contributed by atoms with Gasteiger partial charge in [-0.2, -0.15) is 0 Å². The van der Waals surface area contributed by atoms with Gasteiger partial charge in [0.25, 0.3) is 0 Å². The van der Waals surface area contributed by atoms with Crippen LogP contribution >= 0.6 is 11.6 Å². The number of rotatable bonds is 4. The maximum Gasteiger partial charge on any atom is 0.0465 e. The Balaban J connectivity index is 1.99. The zero-order valence-electron chi connectivity index (χ0n) is 10.9. The fourth-order valence-electron chi connectivity index (χ4n) is 3.13. The van der Waals surface area contributed by atoms with Gasteiger partial charge in [-0.3, -0.25) is 0 Å². The summed E-state index contributed by atoms with van der Waals surface area (Å²) in [6.07, 6.45) is 8.92. The molecule has 1 atom stereocenters. The van der Waals surface area contributed by atoms with Crippen molar-refractivity contribution < 1.29 is 5.11 Å². The minimum atomic E-state index is 0.303. The fraction of sp³-hybridized carbons (Fsp3) is 0.625. The molecule has 0 bridgehead atoms. The summed E-state index contributed by atoms with van der Waals surface area (Å²) in [4.78, 5) is 0. The molecule has 1 aromatic rings. The largest absolute Gasteiger partial charge is 0.396 e. The van der Waals surface area contributed by atoms with Crippen LogP contribution < -0.4 is 0 Å². The summed E-state index contributed by atoms with van der Waals surface area (Å²) in [6.45, 7) is 0.303. The molecule has 1 nitrogen and oxygen atoms in total. The van der Waals surface area contributed by atoms with Crippen molar-refractivity contribution >= 4 is 11.6 Å². The molecule has 1 aliphatic carbocycles. The first-order valence-electron chi connectivity index (χ1n) is 7.15. The number of aliphatic hydroxyl groups is 1. The molecular formula is C16H23ClO. The Kier molecular flexibility index (Phi) is 5.52. The van der Waals surface area contributed by atoms with Crippen LogP contribution in [0.1, 0.15) is 44.1 Å². The van der Waals surface area contributed by atoms with Crippen LogP contribution in [0.5, 0.6) is 0 Å². The van der Waals surface area contributed by atoms with Gasteiger partial charge in [0.2, 0.25) is 0 Å². The lowest BCUT2D eigenvalue weighted by atomic mass is 9.82. The van der Waals surface area contributed by atoms with Crippen molar-refractivity contribution in [1.82, 2.24) is 0 Å². The van der Waals surface area contributed by atoms with Crippen molar-refractivity contribution in [2.24, 2.45) is 11.8 Å². The smallest absolute Gasteiger partial charge is 0.0465 e. The summed E-state index contributed by atoms with van der Waals surface area (Å²) in [7, 11) is 0. The van der Waals surface area contributed by atoms with Gasteiger partial charge in [0.1, 0.15) is 0 Å². The number of aliphatic hydroxyl groups excluding tert-OH is 1. The van der Waals surface area contributed by atoms with Gasteiger partial charge < -0.3 is 5.11 Å². The fourth-order valence-corrected chi connectivity index (χ4v) is 3.34. The monoisotopic (exact) mass is 266 g/mol. The molecule has 2 rings (SSSR count). The quantitative estimate of drug-likeness (QED) is 0.798. The van der Waals surface area contributed by atoms with E-state index in [4.69, 9.17) is 11.6 Å². The van der Waals surface area contributed by atoms with Crippen LogP contribution in [0.3, 0.4) is 0 Å². The van der Waals surface area contributed by atoms with Crippen molar-refractivity contribution in [3.8, 4) is 0 Å². The first-order valence-corrected chi connectivity index (χ1v) is 7.52.